The summed E-state index contributed by atoms with van der Waals surface area (Å²) in [5.41, 5.74) is 7.81. The van der Waals surface area contributed by atoms with Gasteiger partial charge in [-0.2, -0.15) is 0 Å². The van der Waals surface area contributed by atoms with E-state index >= 15 is 0 Å². The SMILES string of the molecule is Cc1cc2nc(-c3ccc(/C=C/C(=O)NCCCc4ccccc4)cc3)[nH]c2cc1C. The highest BCUT2D eigenvalue weighted by Gasteiger charge is 2.07. The predicted octanol–water partition coefficient (Wildman–Crippen LogP) is 5.61. The van der Waals surface area contributed by atoms with E-state index in [-0.39, 0.29) is 5.91 Å². The van der Waals surface area contributed by atoms with Crippen molar-refractivity contribution in [2.75, 3.05) is 6.54 Å². The summed E-state index contributed by atoms with van der Waals surface area (Å²) >= 11 is 0. The second-order valence-corrected chi connectivity index (χ2v) is 7.87. The standard InChI is InChI=1S/C27H27N3O/c1-19-17-24-25(18-20(19)2)30-27(29-24)23-13-10-22(11-14-23)12-15-26(31)28-16-6-9-21-7-4-3-5-8-21/h3-5,7-8,10-15,17-18H,6,9,16H2,1-2H3,(H,28,31)(H,29,30)/b15-12+. The molecule has 4 rings (SSSR count). The van der Waals surface area contributed by atoms with Gasteiger partial charge in [-0.15, -0.1) is 0 Å². The van der Waals surface area contributed by atoms with Crippen LogP contribution in [0.5, 0.6) is 0 Å². The Labute approximate surface area is 183 Å². The first kappa shape index (κ1) is 20.6. The van der Waals surface area contributed by atoms with Crippen LogP contribution in [-0.4, -0.2) is 22.4 Å². The molecule has 4 aromatic rings. The van der Waals surface area contributed by atoms with E-state index in [4.69, 9.17) is 4.98 Å². The largest absolute Gasteiger partial charge is 0.353 e. The average Bonchev–Trinajstić information content (AvgIpc) is 3.19. The van der Waals surface area contributed by atoms with Gasteiger partial charge in [0.15, 0.2) is 0 Å². The van der Waals surface area contributed by atoms with Gasteiger partial charge in [-0.3, -0.25) is 4.79 Å². The van der Waals surface area contributed by atoms with Crippen molar-refractivity contribution < 1.29 is 4.79 Å². The first-order valence-corrected chi connectivity index (χ1v) is 10.7. The van der Waals surface area contributed by atoms with Crippen LogP contribution in [0, 0.1) is 13.8 Å². The lowest BCUT2D eigenvalue weighted by Crippen LogP contribution is -2.22. The number of carbonyl (C=O) groups excluding carboxylic acids is 1. The second kappa shape index (κ2) is 9.43. The van der Waals surface area contributed by atoms with E-state index in [0.29, 0.717) is 6.54 Å². The van der Waals surface area contributed by atoms with Crippen molar-refractivity contribution in [3.63, 3.8) is 0 Å². The molecule has 31 heavy (non-hydrogen) atoms. The van der Waals surface area contributed by atoms with Gasteiger partial charge in [0.25, 0.3) is 0 Å². The van der Waals surface area contributed by atoms with Gasteiger partial charge in [-0.1, -0.05) is 54.6 Å². The van der Waals surface area contributed by atoms with Crippen molar-refractivity contribution in [1.29, 1.82) is 0 Å². The average molecular weight is 410 g/mol. The Hall–Kier alpha value is -3.66. The minimum Gasteiger partial charge on any atom is -0.353 e. The smallest absolute Gasteiger partial charge is 0.243 e. The van der Waals surface area contributed by atoms with Crippen LogP contribution in [0.4, 0.5) is 0 Å². The zero-order valence-corrected chi connectivity index (χ0v) is 18.0. The first-order valence-electron chi connectivity index (χ1n) is 10.7. The Balaban J connectivity index is 1.31. The van der Waals surface area contributed by atoms with Crippen molar-refractivity contribution in [3.05, 3.63) is 95.1 Å². The van der Waals surface area contributed by atoms with E-state index in [2.05, 4.69) is 48.4 Å². The van der Waals surface area contributed by atoms with Gasteiger partial charge in [0.1, 0.15) is 5.82 Å². The number of rotatable bonds is 7. The van der Waals surface area contributed by atoms with Crippen molar-refractivity contribution in [1.82, 2.24) is 15.3 Å². The number of hydrogen-bond donors (Lipinski definition) is 2. The molecule has 2 N–H and O–H groups in total. The number of nitrogens with one attached hydrogen (secondary N) is 2. The fourth-order valence-electron chi connectivity index (χ4n) is 3.54. The predicted molar refractivity (Wildman–Crippen MR) is 128 cm³/mol. The molecule has 0 saturated heterocycles. The number of aromatic amines is 1. The second-order valence-electron chi connectivity index (χ2n) is 7.87. The molecule has 0 aliphatic carbocycles. The van der Waals surface area contributed by atoms with Crippen LogP contribution < -0.4 is 5.32 Å². The highest BCUT2D eigenvalue weighted by Crippen LogP contribution is 2.23. The summed E-state index contributed by atoms with van der Waals surface area (Å²) in [5, 5.41) is 2.94. The lowest BCUT2D eigenvalue weighted by molar-refractivity contribution is -0.116. The van der Waals surface area contributed by atoms with Crippen molar-refractivity contribution in [2.45, 2.75) is 26.7 Å². The number of H-pyrrole nitrogens is 1. The van der Waals surface area contributed by atoms with Crippen molar-refractivity contribution in [3.8, 4) is 11.4 Å². The zero-order chi connectivity index (χ0) is 21.6. The van der Waals surface area contributed by atoms with Crippen LogP contribution in [0.1, 0.15) is 28.7 Å². The molecule has 3 aromatic carbocycles. The van der Waals surface area contributed by atoms with E-state index in [1.165, 1.54) is 16.7 Å². The summed E-state index contributed by atoms with van der Waals surface area (Å²) in [5.74, 6) is 0.784. The summed E-state index contributed by atoms with van der Waals surface area (Å²) in [6.45, 7) is 4.88. The number of aromatic nitrogens is 2. The molecule has 0 spiro atoms. The number of amides is 1. The maximum Gasteiger partial charge on any atom is 0.243 e. The number of aryl methyl sites for hydroxylation is 3. The molecule has 1 heterocycles. The van der Waals surface area contributed by atoms with E-state index < -0.39 is 0 Å². The Bertz CT molecular complexity index is 1170. The highest BCUT2D eigenvalue weighted by atomic mass is 16.1. The fraction of sp³-hybridized carbons (Fsp3) is 0.185. The molecule has 0 atom stereocenters. The Morgan fingerprint density at radius 3 is 2.52 bits per heavy atom. The van der Waals surface area contributed by atoms with Crippen molar-refractivity contribution >= 4 is 23.0 Å². The molecule has 0 unspecified atom stereocenters. The molecular weight excluding hydrogens is 382 g/mol. The normalized spacial score (nSPS) is 11.3. The monoisotopic (exact) mass is 409 g/mol. The minimum atomic E-state index is -0.0693. The van der Waals surface area contributed by atoms with Crippen LogP contribution in [0.3, 0.4) is 0 Å². The Morgan fingerprint density at radius 2 is 1.74 bits per heavy atom. The third-order valence-electron chi connectivity index (χ3n) is 5.49. The molecular formula is C27H27N3O. The zero-order valence-electron chi connectivity index (χ0n) is 18.0. The van der Waals surface area contributed by atoms with Crippen LogP contribution >= 0.6 is 0 Å². The molecule has 0 saturated carbocycles. The number of carbonyl (C=O) groups is 1. The van der Waals surface area contributed by atoms with E-state index in [1.807, 2.05) is 48.5 Å². The summed E-state index contributed by atoms with van der Waals surface area (Å²) in [6, 6.07) is 22.6. The first-order chi connectivity index (χ1) is 15.1. The maximum atomic E-state index is 12.1. The summed E-state index contributed by atoms with van der Waals surface area (Å²) in [4.78, 5) is 20.2. The lowest BCUT2D eigenvalue weighted by Gasteiger charge is -2.03. The van der Waals surface area contributed by atoms with Crippen LogP contribution in [-0.2, 0) is 11.2 Å². The van der Waals surface area contributed by atoms with E-state index in [9.17, 15) is 4.79 Å². The van der Waals surface area contributed by atoms with Crippen molar-refractivity contribution in [2.24, 2.45) is 0 Å². The molecule has 4 heteroatoms. The minimum absolute atomic E-state index is 0.0693. The van der Waals surface area contributed by atoms with Gasteiger partial charge < -0.3 is 10.3 Å². The highest BCUT2D eigenvalue weighted by molar-refractivity contribution is 5.91. The van der Waals surface area contributed by atoms with Gasteiger partial charge in [0, 0.05) is 18.2 Å². The molecule has 0 aliphatic heterocycles. The number of fused-ring (bicyclic) bond motifs is 1. The van der Waals surface area contributed by atoms with Crippen LogP contribution in [0.15, 0.2) is 72.8 Å². The lowest BCUT2D eigenvalue weighted by atomic mass is 10.1. The molecule has 0 bridgehead atoms. The number of imidazole rings is 1. The number of hydrogen-bond acceptors (Lipinski definition) is 2. The molecule has 4 nitrogen and oxygen atoms in total. The summed E-state index contributed by atoms with van der Waals surface area (Å²) in [7, 11) is 0. The molecule has 0 fully saturated rings. The summed E-state index contributed by atoms with van der Waals surface area (Å²) in [6.07, 6.45) is 5.31. The molecule has 1 amide bonds. The van der Waals surface area contributed by atoms with Crippen LogP contribution in [0.2, 0.25) is 0 Å². The van der Waals surface area contributed by atoms with E-state index in [1.54, 1.807) is 6.08 Å². The molecule has 0 aliphatic rings. The molecule has 0 radical (unpaired) electrons. The molecule has 156 valence electrons. The Morgan fingerprint density at radius 1 is 1.00 bits per heavy atom. The van der Waals surface area contributed by atoms with Gasteiger partial charge in [-0.05, 0) is 67.2 Å². The van der Waals surface area contributed by atoms with Gasteiger partial charge in [0.05, 0.1) is 11.0 Å². The third kappa shape index (κ3) is 5.28. The molecule has 1 aromatic heterocycles. The number of nitrogens with zero attached hydrogens (tertiary/aromatic N) is 1. The quantitative estimate of drug-likeness (QED) is 0.308. The summed E-state index contributed by atoms with van der Waals surface area (Å²) < 4.78 is 0. The topological polar surface area (TPSA) is 57.8 Å². The van der Waals surface area contributed by atoms with Crippen LogP contribution in [0.25, 0.3) is 28.5 Å². The maximum absolute atomic E-state index is 12.1. The van der Waals surface area contributed by atoms with Gasteiger partial charge in [-0.25, -0.2) is 4.98 Å². The number of benzene rings is 3. The Kier molecular flexibility index (Phi) is 6.27. The van der Waals surface area contributed by atoms with E-state index in [0.717, 1.165) is 40.8 Å². The van der Waals surface area contributed by atoms with Gasteiger partial charge >= 0.3 is 0 Å². The third-order valence-corrected chi connectivity index (χ3v) is 5.49. The fourth-order valence-corrected chi connectivity index (χ4v) is 3.54. The van der Waals surface area contributed by atoms with Gasteiger partial charge in [0.2, 0.25) is 5.91 Å².